The van der Waals surface area contributed by atoms with Crippen LogP contribution in [0, 0.1) is 0 Å². The molecule has 0 atom stereocenters. The van der Waals surface area contributed by atoms with Crippen molar-refractivity contribution in [3.63, 3.8) is 0 Å². The molecule has 0 saturated carbocycles. The Morgan fingerprint density at radius 2 is 1.05 bits per heavy atom. The van der Waals surface area contributed by atoms with Gasteiger partial charge in [-0.15, -0.1) is 0 Å². The van der Waals surface area contributed by atoms with Crippen molar-refractivity contribution in [1.82, 2.24) is 0 Å². The summed E-state index contributed by atoms with van der Waals surface area (Å²) in [5.74, 6) is -5.98. The number of aliphatic hydroxyl groups is 1. The van der Waals surface area contributed by atoms with E-state index in [0.717, 1.165) is 0 Å². The minimum absolute atomic E-state index is 0. The van der Waals surface area contributed by atoms with Gasteiger partial charge in [0.1, 0.15) is 5.60 Å². The van der Waals surface area contributed by atoms with Gasteiger partial charge in [-0.05, 0) is 0 Å². The summed E-state index contributed by atoms with van der Waals surface area (Å²) in [6.45, 7) is 0. The van der Waals surface area contributed by atoms with Gasteiger partial charge in [0.15, 0.2) is 0 Å². The summed E-state index contributed by atoms with van der Waals surface area (Å²) in [5, 5.41) is 38.9. The molecule has 0 amide bonds. The summed E-state index contributed by atoms with van der Waals surface area (Å²) in [6.07, 6.45) is -2.72. The van der Waals surface area contributed by atoms with Gasteiger partial charge in [0.2, 0.25) is 0 Å². The van der Waals surface area contributed by atoms with Gasteiger partial charge in [-0.2, -0.15) is 0 Å². The molecule has 0 unspecified atom stereocenters. The van der Waals surface area contributed by atoms with Crippen LogP contribution in [0.1, 0.15) is 12.8 Å². The van der Waals surface area contributed by atoms with Crippen LogP contribution in [-0.4, -0.2) is 83.9 Å². The molecule has 0 saturated heterocycles. The minimum Gasteiger partial charge on any atom is -0.759 e. The van der Waals surface area contributed by atoms with Crippen LogP contribution in [0.25, 0.3) is 0 Å². The third-order valence-corrected chi connectivity index (χ3v) is 1.25. The Bertz CT molecular complexity index is 415. The zero-order valence-corrected chi connectivity index (χ0v) is 21.1. The van der Waals surface area contributed by atoms with E-state index in [-0.39, 0.29) is 126 Å². The van der Waals surface area contributed by atoms with Crippen LogP contribution in [-0.2, 0) is 24.8 Å². The second-order valence-electron chi connectivity index (χ2n) is 2.82. The number of rotatable bonds is 5. The fraction of sp³-hybridized carbons (Fsp3) is 0.500. The first-order valence-corrected chi connectivity index (χ1v) is 5.11. The molecule has 0 spiro atoms. The van der Waals surface area contributed by atoms with Crippen LogP contribution in [0.2, 0.25) is 0 Å². The summed E-state index contributed by atoms with van der Waals surface area (Å²) in [7, 11) is -5.17. The average molecular weight is 394 g/mol. The molecule has 0 aliphatic rings. The van der Waals surface area contributed by atoms with Crippen molar-refractivity contribution in [2.24, 2.45) is 0 Å². The normalized spacial score (nSPS) is 9.05. The fourth-order valence-corrected chi connectivity index (χ4v) is 0.684. The van der Waals surface area contributed by atoms with Crippen LogP contribution < -0.4 is 104 Å². The van der Waals surface area contributed by atoms with E-state index in [4.69, 9.17) is 22.6 Å². The van der Waals surface area contributed by atoms with Gasteiger partial charge in [0.05, 0.1) is 5.97 Å². The van der Waals surface area contributed by atoms with Crippen molar-refractivity contribution >= 4 is 66.0 Å². The quantitative estimate of drug-likeness (QED) is 0.262. The van der Waals surface area contributed by atoms with Gasteiger partial charge in [0, 0.05) is 35.2 Å². The predicted molar refractivity (Wildman–Crippen MR) is 45.4 cm³/mol. The van der Waals surface area contributed by atoms with E-state index in [1.54, 1.807) is 0 Å². The van der Waals surface area contributed by atoms with E-state index >= 15 is 0 Å². The van der Waals surface area contributed by atoms with Gasteiger partial charge in [-0.3, -0.25) is 8.42 Å². The maximum absolute atomic E-state index is 10.1. The van der Waals surface area contributed by atoms with Gasteiger partial charge in [-0.25, -0.2) is 0 Å². The maximum Gasteiger partial charge on any atom is 2.00 e. The standard InChI is InChI=1S/C6H8O7.Ca.3Na.H2O4S/c7-3(8)1-6(13,5(11)12)2-4(9)10;;;;;1-5(2,3)4/h13H,1-2H2,(H,7,8)(H,9,10)(H,11,12);;;;;(H2,1,2,3,4)/q;+2;3*+1;/p-5. The van der Waals surface area contributed by atoms with Gasteiger partial charge in [0.25, 0.3) is 0 Å². The molecular weight excluding hydrogens is 389 g/mol. The van der Waals surface area contributed by atoms with Crippen molar-refractivity contribution in [3.05, 3.63) is 0 Å². The molecule has 106 valence electrons. The Hall–Kier alpha value is 2.50. The average Bonchev–Trinajstić information content (AvgIpc) is 1.95. The number of hydrogen-bond acceptors (Lipinski definition) is 11. The molecular formula is C6H5CaNa3O11S. The second-order valence-corrected chi connectivity index (χ2v) is 3.64. The van der Waals surface area contributed by atoms with Gasteiger partial charge in [-0.1, -0.05) is 0 Å². The van der Waals surface area contributed by atoms with Crippen LogP contribution >= 0.6 is 0 Å². The number of carbonyl (C=O) groups is 3. The monoisotopic (exact) mass is 394 g/mol. The molecule has 0 aliphatic carbocycles. The Balaban J connectivity index is -0.0000000627. The van der Waals surface area contributed by atoms with E-state index in [0.29, 0.717) is 0 Å². The van der Waals surface area contributed by atoms with Crippen LogP contribution in [0.15, 0.2) is 0 Å². The molecule has 0 rings (SSSR count). The Morgan fingerprint density at radius 3 is 1.14 bits per heavy atom. The smallest absolute Gasteiger partial charge is 0.759 e. The Morgan fingerprint density at radius 1 is 0.864 bits per heavy atom. The molecule has 0 fully saturated rings. The summed E-state index contributed by atoms with van der Waals surface area (Å²) in [5.41, 5.74) is -2.97. The number of carboxylic acid groups (broad SMARTS) is 3. The Kier molecular flexibility index (Phi) is 32.9. The van der Waals surface area contributed by atoms with Crippen LogP contribution in [0.5, 0.6) is 0 Å². The molecule has 0 aromatic heterocycles. The zero-order chi connectivity index (χ0) is 15.1. The third kappa shape index (κ3) is 30.4. The number of carboxylic acids is 3. The first kappa shape index (κ1) is 39.5. The molecule has 16 heteroatoms. The first-order chi connectivity index (χ1) is 7.78. The van der Waals surface area contributed by atoms with Crippen LogP contribution in [0.4, 0.5) is 0 Å². The van der Waals surface area contributed by atoms with Gasteiger partial charge < -0.3 is 43.9 Å². The molecule has 1 N–H and O–H groups in total. The van der Waals surface area contributed by atoms with Crippen molar-refractivity contribution in [1.29, 1.82) is 0 Å². The molecule has 22 heavy (non-hydrogen) atoms. The van der Waals surface area contributed by atoms with Crippen molar-refractivity contribution in [3.8, 4) is 0 Å². The summed E-state index contributed by atoms with van der Waals surface area (Å²) >= 11 is 0. The first-order valence-electron chi connectivity index (χ1n) is 3.78. The van der Waals surface area contributed by atoms with Crippen molar-refractivity contribution < 1.29 is 141 Å². The van der Waals surface area contributed by atoms with E-state index in [1.807, 2.05) is 0 Å². The fourth-order valence-electron chi connectivity index (χ4n) is 0.684. The number of aliphatic carboxylic acids is 3. The summed E-state index contributed by atoms with van der Waals surface area (Å²) in [6, 6.07) is 0. The zero-order valence-electron chi connectivity index (χ0n) is 12.1. The van der Waals surface area contributed by atoms with Crippen molar-refractivity contribution in [2.75, 3.05) is 0 Å². The van der Waals surface area contributed by atoms with Crippen molar-refractivity contribution in [2.45, 2.75) is 18.4 Å². The van der Waals surface area contributed by atoms with Gasteiger partial charge >= 0.3 is 126 Å². The maximum atomic E-state index is 10.1. The van der Waals surface area contributed by atoms with E-state index in [2.05, 4.69) is 0 Å². The molecule has 0 heterocycles. The van der Waals surface area contributed by atoms with Crippen LogP contribution in [0.3, 0.4) is 0 Å². The summed E-state index contributed by atoms with van der Waals surface area (Å²) in [4.78, 5) is 30.0. The van der Waals surface area contributed by atoms with E-state index in [1.165, 1.54) is 0 Å². The Labute approximate surface area is 221 Å². The molecule has 0 bridgehead atoms. The summed E-state index contributed by atoms with van der Waals surface area (Å²) < 4.78 is 34.1. The van der Waals surface area contributed by atoms with E-state index in [9.17, 15) is 29.7 Å². The largest absolute Gasteiger partial charge is 2.00 e. The topological polar surface area (TPSA) is 221 Å². The molecule has 0 aliphatic heterocycles. The third-order valence-electron chi connectivity index (χ3n) is 1.25. The van der Waals surface area contributed by atoms with E-state index < -0.39 is 46.7 Å². The second kappa shape index (κ2) is 18.3. The number of carbonyl (C=O) groups excluding carboxylic acids is 3. The molecule has 0 radical (unpaired) electrons. The predicted octanol–water partition coefficient (Wildman–Crippen LogP) is -16.0. The minimum atomic E-state index is -5.17. The number of hydrogen-bond donors (Lipinski definition) is 1. The molecule has 11 nitrogen and oxygen atoms in total. The SMILES string of the molecule is O=C([O-])CC(O)(CC(=O)[O-])C(=O)[O-].O=S(=O)([O-])[O-].[Ca+2].[Na+].[Na+].[Na+]. The molecule has 0 aromatic rings. The molecule has 0 aromatic carbocycles.